The van der Waals surface area contributed by atoms with Crippen LogP contribution in [0.3, 0.4) is 0 Å². The molecule has 1 aromatic rings. The van der Waals surface area contributed by atoms with Crippen LogP contribution in [0, 0.1) is 0 Å². The van der Waals surface area contributed by atoms with Crippen LogP contribution in [-0.2, 0) is 4.74 Å². The minimum absolute atomic E-state index is 0.164. The maximum absolute atomic E-state index is 5.60. The van der Waals surface area contributed by atoms with Crippen LogP contribution in [0.5, 0.6) is 5.75 Å². The first-order chi connectivity index (χ1) is 8.52. The van der Waals surface area contributed by atoms with Gasteiger partial charge in [0, 0.05) is 19.7 Å². The Balaban J connectivity index is 2.63. The lowest BCUT2D eigenvalue weighted by atomic mass is 10.3. The zero-order chi connectivity index (χ0) is 13.5. The Morgan fingerprint density at radius 2 is 2.06 bits per heavy atom. The van der Waals surface area contributed by atoms with Crippen LogP contribution >= 0.6 is 0 Å². The van der Waals surface area contributed by atoms with E-state index in [-0.39, 0.29) is 12.1 Å². The van der Waals surface area contributed by atoms with Gasteiger partial charge in [0.05, 0.1) is 31.1 Å². The summed E-state index contributed by atoms with van der Waals surface area (Å²) in [4.78, 5) is 0. The van der Waals surface area contributed by atoms with Gasteiger partial charge in [-0.25, -0.2) is 0 Å². The lowest BCUT2D eigenvalue weighted by molar-refractivity contribution is 0.146. The SMILES string of the molecule is COCC(CNC(C)C)n1cc(OC(C)C)cn1. The van der Waals surface area contributed by atoms with Gasteiger partial charge >= 0.3 is 0 Å². The van der Waals surface area contributed by atoms with Crippen LogP contribution in [0.4, 0.5) is 0 Å². The summed E-state index contributed by atoms with van der Waals surface area (Å²) in [6, 6.07) is 0.633. The molecule has 5 nitrogen and oxygen atoms in total. The van der Waals surface area contributed by atoms with Crippen LogP contribution in [0.2, 0.25) is 0 Å². The highest BCUT2D eigenvalue weighted by Gasteiger charge is 2.13. The Morgan fingerprint density at radius 3 is 2.61 bits per heavy atom. The van der Waals surface area contributed by atoms with Crippen molar-refractivity contribution < 1.29 is 9.47 Å². The topological polar surface area (TPSA) is 48.3 Å². The molecule has 1 N–H and O–H groups in total. The largest absolute Gasteiger partial charge is 0.488 e. The highest BCUT2D eigenvalue weighted by Crippen LogP contribution is 2.14. The monoisotopic (exact) mass is 255 g/mol. The van der Waals surface area contributed by atoms with E-state index in [9.17, 15) is 0 Å². The van der Waals surface area contributed by atoms with Gasteiger partial charge in [-0.3, -0.25) is 4.68 Å². The summed E-state index contributed by atoms with van der Waals surface area (Å²) >= 11 is 0. The van der Waals surface area contributed by atoms with Gasteiger partial charge in [-0.15, -0.1) is 0 Å². The summed E-state index contributed by atoms with van der Waals surface area (Å²) in [7, 11) is 1.71. The molecular formula is C13H25N3O2. The summed E-state index contributed by atoms with van der Waals surface area (Å²) in [5, 5.41) is 7.74. The molecule has 104 valence electrons. The minimum atomic E-state index is 0.164. The lowest BCUT2D eigenvalue weighted by Gasteiger charge is -2.19. The molecule has 1 heterocycles. The highest BCUT2D eigenvalue weighted by molar-refractivity contribution is 5.12. The van der Waals surface area contributed by atoms with Crippen molar-refractivity contribution in [3.63, 3.8) is 0 Å². The molecule has 1 unspecified atom stereocenters. The number of nitrogens with one attached hydrogen (secondary N) is 1. The van der Waals surface area contributed by atoms with Gasteiger partial charge in [0.15, 0.2) is 5.75 Å². The second kappa shape index (κ2) is 7.38. The molecule has 18 heavy (non-hydrogen) atoms. The Bertz CT molecular complexity index is 337. The molecule has 0 fully saturated rings. The van der Waals surface area contributed by atoms with Gasteiger partial charge < -0.3 is 14.8 Å². The molecule has 0 aromatic carbocycles. The molecule has 1 atom stereocenters. The van der Waals surface area contributed by atoms with Crippen molar-refractivity contribution in [3.8, 4) is 5.75 Å². The number of methoxy groups -OCH3 is 1. The van der Waals surface area contributed by atoms with Gasteiger partial charge in [0.2, 0.25) is 0 Å². The lowest BCUT2D eigenvalue weighted by Crippen LogP contribution is -2.32. The molecule has 0 radical (unpaired) electrons. The summed E-state index contributed by atoms with van der Waals surface area (Å²) in [6.45, 7) is 9.71. The number of hydrogen-bond donors (Lipinski definition) is 1. The fourth-order valence-electron chi connectivity index (χ4n) is 1.65. The van der Waals surface area contributed by atoms with E-state index in [1.165, 1.54) is 0 Å². The second-order valence-corrected chi connectivity index (χ2v) is 4.99. The maximum atomic E-state index is 5.60. The van der Waals surface area contributed by atoms with Crippen molar-refractivity contribution in [2.75, 3.05) is 20.3 Å². The first-order valence-electron chi connectivity index (χ1n) is 6.46. The van der Waals surface area contributed by atoms with Crippen LogP contribution in [0.1, 0.15) is 33.7 Å². The Kier molecular flexibility index (Phi) is 6.15. The summed E-state index contributed by atoms with van der Waals surface area (Å²) in [5.74, 6) is 0.802. The van der Waals surface area contributed by atoms with Crippen molar-refractivity contribution in [1.29, 1.82) is 0 Å². The van der Waals surface area contributed by atoms with E-state index in [0.717, 1.165) is 12.3 Å². The molecule has 5 heteroatoms. The van der Waals surface area contributed by atoms with Gasteiger partial charge in [-0.1, -0.05) is 13.8 Å². The zero-order valence-corrected chi connectivity index (χ0v) is 12.0. The third kappa shape index (κ3) is 5.06. The van der Waals surface area contributed by atoms with Crippen molar-refractivity contribution in [2.45, 2.75) is 45.9 Å². The quantitative estimate of drug-likeness (QED) is 0.770. The molecule has 0 bridgehead atoms. The third-order valence-electron chi connectivity index (χ3n) is 2.44. The fraction of sp³-hybridized carbons (Fsp3) is 0.769. The number of nitrogens with zero attached hydrogens (tertiary/aromatic N) is 2. The smallest absolute Gasteiger partial charge is 0.157 e. The van der Waals surface area contributed by atoms with E-state index in [1.54, 1.807) is 13.3 Å². The third-order valence-corrected chi connectivity index (χ3v) is 2.44. The first kappa shape index (κ1) is 15.0. The van der Waals surface area contributed by atoms with Crippen LogP contribution in [-0.4, -0.2) is 42.2 Å². The highest BCUT2D eigenvalue weighted by atomic mass is 16.5. The van der Waals surface area contributed by atoms with Crippen LogP contribution in [0.15, 0.2) is 12.4 Å². The fourth-order valence-corrected chi connectivity index (χ4v) is 1.65. The van der Waals surface area contributed by atoms with E-state index in [1.807, 2.05) is 24.7 Å². The Hall–Kier alpha value is -1.07. The Labute approximate surface area is 109 Å². The molecule has 0 saturated heterocycles. The predicted molar refractivity (Wildman–Crippen MR) is 72.0 cm³/mol. The second-order valence-electron chi connectivity index (χ2n) is 4.99. The number of ether oxygens (including phenoxy) is 2. The Morgan fingerprint density at radius 1 is 1.33 bits per heavy atom. The number of aromatic nitrogens is 2. The molecule has 0 amide bonds. The normalized spacial score (nSPS) is 13.3. The number of hydrogen-bond acceptors (Lipinski definition) is 4. The van der Waals surface area contributed by atoms with Crippen LogP contribution < -0.4 is 10.1 Å². The average Bonchev–Trinajstić information content (AvgIpc) is 2.71. The van der Waals surface area contributed by atoms with Crippen molar-refractivity contribution in [3.05, 3.63) is 12.4 Å². The van der Waals surface area contributed by atoms with Gasteiger partial charge in [-0.2, -0.15) is 5.10 Å². The maximum Gasteiger partial charge on any atom is 0.157 e. The molecule has 0 saturated carbocycles. The zero-order valence-electron chi connectivity index (χ0n) is 12.0. The first-order valence-corrected chi connectivity index (χ1v) is 6.46. The number of rotatable bonds is 8. The predicted octanol–water partition coefficient (Wildman–Crippen LogP) is 1.86. The average molecular weight is 255 g/mol. The van der Waals surface area contributed by atoms with Gasteiger partial charge in [-0.05, 0) is 13.8 Å². The molecule has 0 aliphatic rings. The van der Waals surface area contributed by atoms with E-state index in [0.29, 0.717) is 12.6 Å². The van der Waals surface area contributed by atoms with E-state index < -0.39 is 0 Å². The van der Waals surface area contributed by atoms with E-state index in [4.69, 9.17) is 9.47 Å². The summed E-state index contributed by atoms with van der Waals surface area (Å²) < 4.78 is 12.7. The summed E-state index contributed by atoms with van der Waals surface area (Å²) in [6.07, 6.45) is 3.83. The molecule has 0 spiro atoms. The van der Waals surface area contributed by atoms with Gasteiger partial charge in [0.25, 0.3) is 0 Å². The van der Waals surface area contributed by atoms with E-state index >= 15 is 0 Å². The summed E-state index contributed by atoms with van der Waals surface area (Å²) in [5.41, 5.74) is 0. The minimum Gasteiger partial charge on any atom is -0.488 e. The molecule has 0 aliphatic heterocycles. The van der Waals surface area contributed by atoms with Crippen molar-refractivity contribution >= 4 is 0 Å². The molecule has 0 aliphatic carbocycles. The van der Waals surface area contributed by atoms with Crippen molar-refractivity contribution in [2.24, 2.45) is 0 Å². The molecule has 1 rings (SSSR count). The van der Waals surface area contributed by atoms with Gasteiger partial charge in [0.1, 0.15) is 0 Å². The standard InChI is InChI=1S/C13H25N3O2/c1-10(2)14-6-12(9-17-5)16-8-13(7-15-16)18-11(3)4/h7-8,10-12,14H,6,9H2,1-5H3. The van der Waals surface area contributed by atoms with Crippen molar-refractivity contribution in [1.82, 2.24) is 15.1 Å². The van der Waals surface area contributed by atoms with E-state index in [2.05, 4.69) is 24.3 Å². The molecule has 1 aromatic heterocycles. The van der Waals surface area contributed by atoms with Crippen LogP contribution in [0.25, 0.3) is 0 Å². The molecular weight excluding hydrogens is 230 g/mol.